The fraction of sp³-hybridized carbons (Fsp3) is 0.419. The molecule has 1 unspecified atom stereocenters. The molecule has 6 heteroatoms. The van der Waals surface area contributed by atoms with Crippen molar-refractivity contribution in [1.29, 1.82) is 0 Å². The standard InChI is InChI=1S/C31H35ClN4O/c1-31(2,37)27-13-10-23(18-28(27)32)29-26-17-24(19-33-30(26)35(3)34-29)22-7-6-20-8-11-25(12-9-21(20)16-22)36-14-4-5-15-36/h6-7,10,13,16-19,25,37H,4-5,8-9,11-12,14-15H2,1-3H3. The Hall–Kier alpha value is -2.73. The third-order valence-corrected chi connectivity index (χ3v) is 8.58. The molecule has 1 aliphatic carbocycles. The summed E-state index contributed by atoms with van der Waals surface area (Å²) in [7, 11) is 1.92. The first-order valence-corrected chi connectivity index (χ1v) is 13.9. The van der Waals surface area contributed by atoms with E-state index < -0.39 is 5.60 Å². The molecule has 4 aromatic rings. The molecule has 2 aliphatic rings. The highest BCUT2D eigenvalue weighted by molar-refractivity contribution is 6.31. The van der Waals surface area contributed by atoms with Crippen molar-refractivity contribution in [1.82, 2.24) is 19.7 Å². The van der Waals surface area contributed by atoms with Crippen LogP contribution in [0.1, 0.15) is 56.2 Å². The van der Waals surface area contributed by atoms with E-state index in [0.717, 1.165) is 40.3 Å². The summed E-state index contributed by atoms with van der Waals surface area (Å²) >= 11 is 6.57. The normalized spacial score (nSPS) is 18.8. The molecule has 2 aromatic heterocycles. The maximum absolute atomic E-state index is 10.4. The SMILES string of the molecule is Cn1nc(-c2ccc(C(C)(C)O)c(Cl)c2)c2cc(-c3ccc4c(c3)CCC(N3CCCC3)CC4)cnc21. The zero-order chi connectivity index (χ0) is 25.7. The largest absolute Gasteiger partial charge is 0.386 e. The number of nitrogens with zero attached hydrogens (tertiary/aromatic N) is 4. The maximum Gasteiger partial charge on any atom is 0.158 e. The zero-order valence-corrected chi connectivity index (χ0v) is 22.7. The van der Waals surface area contributed by atoms with E-state index >= 15 is 0 Å². The molecule has 1 atom stereocenters. The van der Waals surface area contributed by atoms with E-state index in [0.29, 0.717) is 10.6 Å². The Morgan fingerprint density at radius 3 is 2.38 bits per heavy atom. The monoisotopic (exact) mass is 514 g/mol. The molecule has 1 N–H and O–H groups in total. The fourth-order valence-corrected chi connectivity index (χ4v) is 6.62. The summed E-state index contributed by atoms with van der Waals surface area (Å²) in [5.41, 5.74) is 7.59. The van der Waals surface area contributed by atoms with E-state index in [1.165, 1.54) is 61.9 Å². The molecule has 37 heavy (non-hydrogen) atoms. The van der Waals surface area contributed by atoms with Crippen LogP contribution in [0.5, 0.6) is 0 Å². The Balaban J connectivity index is 1.34. The van der Waals surface area contributed by atoms with Gasteiger partial charge >= 0.3 is 0 Å². The smallest absolute Gasteiger partial charge is 0.158 e. The van der Waals surface area contributed by atoms with Crippen molar-refractivity contribution in [3.63, 3.8) is 0 Å². The van der Waals surface area contributed by atoms with E-state index in [1.807, 2.05) is 36.1 Å². The highest BCUT2D eigenvalue weighted by Crippen LogP contribution is 2.36. The lowest BCUT2D eigenvalue weighted by molar-refractivity contribution is 0.0787. The third-order valence-electron chi connectivity index (χ3n) is 8.27. The predicted molar refractivity (Wildman–Crippen MR) is 151 cm³/mol. The molecule has 1 saturated heterocycles. The van der Waals surface area contributed by atoms with Crippen LogP contribution >= 0.6 is 11.6 Å². The minimum absolute atomic E-state index is 0.533. The highest BCUT2D eigenvalue weighted by Gasteiger charge is 2.25. The summed E-state index contributed by atoms with van der Waals surface area (Å²) in [5.74, 6) is 0. The quantitative estimate of drug-likeness (QED) is 0.315. The van der Waals surface area contributed by atoms with E-state index in [1.54, 1.807) is 13.8 Å². The summed E-state index contributed by atoms with van der Waals surface area (Å²) in [5, 5.41) is 16.7. The molecule has 0 amide bonds. The Labute approximate surface area is 224 Å². The van der Waals surface area contributed by atoms with Gasteiger partial charge < -0.3 is 10.0 Å². The first-order chi connectivity index (χ1) is 17.8. The molecule has 2 aromatic carbocycles. The molecule has 5 nitrogen and oxygen atoms in total. The second-order valence-corrected chi connectivity index (χ2v) is 11.7. The summed E-state index contributed by atoms with van der Waals surface area (Å²) in [6.45, 7) is 6.04. The summed E-state index contributed by atoms with van der Waals surface area (Å²) in [6.07, 6.45) is 9.51. The van der Waals surface area contributed by atoms with E-state index in [-0.39, 0.29) is 0 Å². The topological polar surface area (TPSA) is 54.2 Å². The number of aromatic nitrogens is 3. The van der Waals surface area contributed by atoms with Crippen LogP contribution in [0.3, 0.4) is 0 Å². The Bertz CT molecular complexity index is 1460. The van der Waals surface area contributed by atoms with Crippen LogP contribution < -0.4 is 0 Å². The summed E-state index contributed by atoms with van der Waals surface area (Å²) in [4.78, 5) is 7.52. The number of hydrogen-bond acceptors (Lipinski definition) is 4. The van der Waals surface area contributed by atoms with Gasteiger partial charge in [-0.05, 0) is 94.3 Å². The number of pyridine rings is 1. The van der Waals surface area contributed by atoms with E-state index in [9.17, 15) is 5.11 Å². The number of hydrogen-bond donors (Lipinski definition) is 1. The van der Waals surface area contributed by atoms with Gasteiger partial charge in [0.05, 0.1) is 5.60 Å². The van der Waals surface area contributed by atoms with Gasteiger partial charge in [-0.1, -0.05) is 41.9 Å². The Kier molecular flexibility index (Phi) is 6.34. The molecule has 0 saturated carbocycles. The van der Waals surface area contributed by atoms with Crippen LogP contribution in [-0.2, 0) is 25.5 Å². The number of fused-ring (bicyclic) bond motifs is 2. The van der Waals surface area contributed by atoms with Gasteiger partial charge in [0, 0.05) is 46.4 Å². The molecule has 6 rings (SSSR count). The van der Waals surface area contributed by atoms with Crippen molar-refractivity contribution < 1.29 is 5.11 Å². The minimum atomic E-state index is -1.00. The average molecular weight is 515 g/mol. The Morgan fingerprint density at radius 2 is 1.65 bits per heavy atom. The van der Waals surface area contributed by atoms with Crippen LogP contribution in [-0.4, -0.2) is 43.9 Å². The van der Waals surface area contributed by atoms with Crippen molar-refractivity contribution in [3.8, 4) is 22.4 Å². The van der Waals surface area contributed by atoms with Gasteiger partial charge in [0.2, 0.25) is 0 Å². The van der Waals surface area contributed by atoms with Gasteiger partial charge in [0.25, 0.3) is 0 Å². The second-order valence-electron chi connectivity index (χ2n) is 11.3. The maximum atomic E-state index is 10.4. The number of likely N-dealkylation sites (tertiary alicyclic amines) is 1. The van der Waals surface area contributed by atoms with Crippen LogP contribution in [0.15, 0.2) is 48.7 Å². The van der Waals surface area contributed by atoms with Gasteiger partial charge in [0.1, 0.15) is 5.69 Å². The first kappa shape index (κ1) is 24.6. The second kappa shape index (κ2) is 9.54. The lowest BCUT2D eigenvalue weighted by Crippen LogP contribution is -2.32. The number of aliphatic hydroxyl groups is 1. The number of aryl methyl sites for hydroxylation is 3. The number of benzene rings is 2. The van der Waals surface area contributed by atoms with Crippen molar-refractivity contribution in [2.75, 3.05) is 13.1 Å². The average Bonchev–Trinajstić information content (AvgIpc) is 3.46. The molecule has 1 aliphatic heterocycles. The molecule has 3 heterocycles. The zero-order valence-electron chi connectivity index (χ0n) is 22.0. The van der Waals surface area contributed by atoms with Crippen molar-refractivity contribution in [3.05, 3.63) is 70.4 Å². The molecular weight excluding hydrogens is 480 g/mol. The number of rotatable bonds is 4. The van der Waals surface area contributed by atoms with Crippen LogP contribution in [0.4, 0.5) is 0 Å². The molecule has 0 spiro atoms. The number of halogens is 1. The molecule has 1 fully saturated rings. The summed E-state index contributed by atoms with van der Waals surface area (Å²) in [6, 6.07) is 15.7. The molecule has 192 valence electrons. The van der Waals surface area contributed by atoms with Gasteiger partial charge in [0.15, 0.2) is 5.65 Å². The van der Waals surface area contributed by atoms with Crippen LogP contribution in [0, 0.1) is 0 Å². The fourth-order valence-electron chi connectivity index (χ4n) is 6.21. The van der Waals surface area contributed by atoms with Gasteiger partial charge in [-0.25, -0.2) is 9.67 Å². The van der Waals surface area contributed by atoms with Crippen molar-refractivity contribution in [2.45, 2.75) is 64.0 Å². The van der Waals surface area contributed by atoms with E-state index in [4.69, 9.17) is 21.7 Å². The van der Waals surface area contributed by atoms with E-state index in [2.05, 4.69) is 29.2 Å². The lowest BCUT2D eigenvalue weighted by Gasteiger charge is -2.25. The predicted octanol–water partition coefficient (Wildman–Crippen LogP) is 6.53. The lowest BCUT2D eigenvalue weighted by atomic mass is 9.95. The highest BCUT2D eigenvalue weighted by atomic mass is 35.5. The third kappa shape index (κ3) is 4.69. The molecule has 0 bridgehead atoms. The first-order valence-electron chi connectivity index (χ1n) is 13.5. The van der Waals surface area contributed by atoms with Crippen LogP contribution in [0.2, 0.25) is 5.02 Å². The summed E-state index contributed by atoms with van der Waals surface area (Å²) < 4.78 is 1.82. The van der Waals surface area contributed by atoms with Crippen molar-refractivity contribution >= 4 is 22.6 Å². The van der Waals surface area contributed by atoms with Gasteiger partial charge in [-0.3, -0.25) is 0 Å². The van der Waals surface area contributed by atoms with Crippen LogP contribution in [0.25, 0.3) is 33.4 Å². The van der Waals surface area contributed by atoms with Gasteiger partial charge in [-0.15, -0.1) is 0 Å². The molecule has 0 radical (unpaired) electrons. The van der Waals surface area contributed by atoms with Gasteiger partial charge in [-0.2, -0.15) is 5.10 Å². The molecular formula is C31H35ClN4O. The Morgan fingerprint density at radius 1 is 0.919 bits per heavy atom. The minimum Gasteiger partial charge on any atom is -0.386 e. The van der Waals surface area contributed by atoms with Crippen molar-refractivity contribution in [2.24, 2.45) is 7.05 Å².